The van der Waals surface area contributed by atoms with Gasteiger partial charge in [-0.05, 0) is 35.7 Å². The molecule has 2 amide bonds. The summed E-state index contributed by atoms with van der Waals surface area (Å²) in [4.78, 5) is 26.4. The molecule has 3 rings (SSSR count). The number of carbonyl (C=O) groups is 2. The molecule has 1 aliphatic heterocycles. The Morgan fingerprint density at radius 3 is 2.68 bits per heavy atom. The minimum atomic E-state index is -0.461. The fraction of sp³-hybridized carbons (Fsp3) is 0.364. The number of methoxy groups -OCH3 is 1. The summed E-state index contributed by atoms with van der Waals surface area (Å²) in [7, 11) is 1.59. The van der Waals surface area contributed by atoms with Crippen molar-refractivity contribution in [2.45, 2.75) is 38.8 Å². The van der Waals surface area contributed by atoms with E-state index in [1.54, 1.807) is 18.1 Å². The predicted molar refractivity (Wildman–Crippen MR) is 106 cm³/mol. The molecule has 2 aromatic rings. The highest BCUT2D eigenvalue weighted by Crippen LogP contribution is 2.37. The summed E-state index contributed by atoms with van der Waals surface area (Å²) in [5, 5.41) is 0. The van der Waals surface area contributed by atoms with E-state index in [-0.39, 0.29) is 12.3 Å². The largest absolute Gasteiger partial charge is 0.493 e. The Bertz CT molecular complexity index is 865. The van der Waals surface area contributed by atoms with Crippen LogP contribution < -0.4 is 15.2 Å². The maximum Gasteiger partial charge on any atom is 0.255 e. The molecule has 0 saturated carbocycles. The van der Waals surface area contributed by atoms with Crippen LogP contribution in [0.5, 0.6) is 11.5 Å². The Hall–Kier alpha value is -3.02. The molecule has 0 fully saturated rings. The number of nitrogens with zero attached hydrogens (tertiary/aromatic N) is 1. The van der Waals surface area contributed by atoms with Crippen molar-refractivity contribution in [1.29, 1.82) is 0 Å². The number of benzene rings is 2. The summed E-state index contributed by atoms with van der Waals surface area (Å²) in [6.07, 6.45) is 1.99. The second-order valence-corrected chi connectivity index (χ2v) is 6.89. The van der Waals surface area contributed by atoms with Gasteiger partial charge >= 0.3 is 0 Å². The molecule has 28 heavy (non-hydrogen) atoms. The molecule has 1 heterocycles. The van der Waals surface area contributed by atoms with Gasteiger partial charge in [-0.15, -0.1) is 0 Å². The number of unbranched alkanes of at least 4 members (excludes halogenated alkanes) is 1. The smallest absolute Gasteiger partial charge is 0.255 e. The van der Waals surface area contributed by atoms with Gasteiger partial charge in [0.05, 0.1) is 26.2 Å². The maximum absolute atomic E-state index is 12.9. The molecule has 1 atom stereocenters. The average Bonchev–Trinajstić information content (AvgIpc) is 3.03. The number of hydrogen-bond acceptors (Lipinski definition) is 4. The number of ether oxygens (including phenoxy) is 2. The third-order valence-electron chi connectivity index (χ3n) is 4.95. The normalized spacial score (nSPS) is 13.9. The zero-order valence-electron chi connectivity index (χ0n) is 16.3. The standard InChI is InChI=1S/C22H26N2O4/c1-3-4-11-28-20-12-15(9-10-19(20)27-2)18(13-21(23)25)24-14-16-7-5-6-8-17(16)22(24)26/h5-10,12,18H,3-4,11,13-14H2,1-2H3,(H2,23,25). The molecule has 0 spiro atoms. The molecule has 1 unspecified atom stereocenters. The molecule has 0 radical (unpaired) electrons. The van der Waals surface area contributed by atoms with E-state index in [4.69, 9.17) is 15.2 Å². The van der Waals surface area contributed by atoms with Crippen LogP contribution in [0.15, 0.2) is 42.5 Å². The molecule has 0 aromatic heterocycles. The minimum Gasteiger partial charge on any atom is -0.493 e. The lowest BCUT2D eigenvalue weighted by atomic mass is 10.0. The summed E-state index contributed by atoms with van der Waals surface area (Å²) in [5.74, 6) is 0.671. The molecule has 2 aromatic carbocycles. The molecule has 6 nitrogen and oxygen atoms in total. The van der Waals surface area contributed by atoms with Crippen molar-refractivity contribution in [3.8, 4) is 11.5 Å². The first-order valence-electron chi connectivity index (χ1n) is 9.53. The fourth-order valence-corrected chi connectivity index (χ4v) is 3.47. The summed E-state index contributed by atoms with van der Waals surface area (Å²) in [5.41, 5.74) is 7.93. The number of hydrogen-bond donors (Lipinski definition) is 1. The molecular formula is C22H26N2O4. The Labute approximate surface area is 165 Å². The van der Waals surface area contributed by atoms with Crippen molar-refractivity contribution in [2.24, 2.45) is 5.73 Å². The first-order valence-corrected chi connectivity index (χ1v) is 9.53. The molecule has 6 heteroatoms. The third-order valence-corrected chi connectivity index (χ3v) is 4.95. The Kier molecular flexibility index (Phi) is 6.19. The van der Waals surface area contributed by atoms with Gasteiger partial charge < -0.3 is 20.1 Å². The van der Waals surface area contributed by atoms with Crippen LogP contribution in [0.4, 0.5) is 0 Å². The third kappa shape index (κ3) is 4.11. The fourth-order valence-electron chi connectivity index (χ4n) is 3.47. The number of nitrogens with two attached hydrogens (primary N) is 1. The van der Waals surface area contributed by atoms with Gasteiger partial charge in [0.1, 0.15) is 0 Å². The summed E-state index contributed by atoms with van der Waals surface area (Å²) in [6, 6.07) is 12.5. The lowest BCUT2D eigenvalue weighted by Gasteiger charge is -2.28. The number of primary amides is 1. The Morgan fingerprint density at radius 1 is 1.21 bits per heavy atom. The first-order chi connectivity index (χ1) is 13.5. The molecule has 0 bridgehead atoms. The molecule has 0 aliphatic carbocycles. The van der Waals surface area contributed by atoms with Crippen LogP contribution in [0.25, 0.3) is 0 Å². The van der Waals surface area contributed by atoms with Crippen molar-refractivity contribution < 1.29 is 19.1 Å². The van der Waals surface area contributed by atoms with Crippen molar-refractivity contribution >= 4 is 11.8 Å². The van der Waals surface area contributed by atoms with Gasteiger partial charge in [0.15, 0.2) is 11.5 Å². The topological polar surface area (TPSA) is 81.9 Å². The van der Waals surface area contributed by atoms with E-state index in [0.29, 0.717) is 30.2 Å². The molecule has 1 aliphatic rings. The minimum absolute atomic E-state index is 0.0421. The monoisotopic (exact) mass is 382 g/mol. The summed E-state index contributed by atoms with van der Waals surface area (Å²) in [6.45, 7) is 3.12. The van der Waals surface area contributed by atoms with Crippen LogP contribution in [0.1, 0.15) is 53.7 Å². The quantitative estimate of drug-likeness (QED) is 0.674. The number of rotatable bonds is 9. The van der Waals surface area contributed by atoms with E-state index < -0.39 is 11.9 Å². The molecule has 0 saturated heterocycles. The maximum atomic E-state index is 12.9. The van der Waals surface area contributed by atoms with Crippen molar-refractivity contribution in [2.75, 3.05) is 13.7 Å². The van der Waals surface area contributed by atoms with Crippen molar-refractivity contribution in [3.05, 3.63) is 59.2 Å². The van der Waals surface area contributed by atoms with Gasteiger partial charge in [0.2, 0.25) is 5.91 Å². The number of amides is 2. The van der Waals surface area contributed by atoms with Gasteiger partial charge in [-0.1, -0.05) is 37.6 Å². The van der Waals surface area contributed by atoms with Crippen LogP contribution in [-0.2, 0) is 11.3 Å². The van der Waals surface area contributed by atoms with E-state index in [0.717, 1.165) is 24.0 Å². The lowest BCUT2D eigenvalue weighted by molar-refractivity contribution is -0.119. The van der Waals surface area contributed by atoms with Crippen LogP contribution in [0.3, 0.4) is 0 Å². The highest BCUT2D eigenvalue weighted by Gasteiger charge is 2.34. The predicted octanol–water partition coefficient (Wildman–Crippen LogP) is 3.45. The lowest BCUT2D eigenvalue weighted by Crippen LogP contribution is -2.32. The zero-order valence-corrected chi connectivity index (χ0v) is 16.3. The Balaban J connectivity index is 1.93. The van der Waals surface area contributed by atoms with E-state index >= 15 is 0 Å². The van der Waals surface area contributed by atoms with Gasteiger partial charge in [0, 0.05) is 12.1 Å². The highest BCUT2D eigenvalue weighted by atomic mass is 16.5. The van der Waals surface area contributed by atoms with E-state index in [9.17, 15) is 9.59 Å². The van der Waals surface area contributed by atoms with Gasteiger partial charge in [-0.25, -0.2) is 0 Å². The Morgan fingerprint density at radius 2 is 2.00 bits per heavy atom. The molecular weight excluding hydrogens is 356 g/mol. The van der Waals surface area contributed by atoms with Gasteiger partial charge in [-0.3, -0.25) is 9.59 Å². The van der Waals surface area contributed by atoms with Gasteiger partial charge in [0.25, 0.3) is 5.91 Å². The highest BCUT2D eigenvalue weighted by molar-refractivity contribution is 5.98. The van der Waals surface area contributed by atoms with Crippen LogP contribution in [0, 0.1) is 0 Å². The second kappa shape index (κ2) is 8.78. The van der Waals surface area contributed by atoms with Crippen LogP contribution in [-0.4, -0.2) is 30.4 Å². The SMILES string of the molecule is CCCCOc1cc(C(CC(N)=O)N2Cc3ccccc3C2=O)ccc1OC. The van der Waals surface area contributed by atoms with Gasteiger partial charge in [-0.2, -0.15) is 0 Å². The van der Waals surface area contributed by atoms with E-state index in [1.165, 1.54) is 0 Å². The number of fused-ring (bicyclic) bond motifs is 1. The van der Waals surface area contributed by atoms with Crippen molar-refractivity contribution in [1.82, 2.24) is 4.90 Å². The first kappa shape index (κ1) is 19.7. The molecule has 2 N–H and O–H groups in total. The summed E-state index contributed by atoms with van der Waals surface area (Å²) < 4.78 is 11.3. The number of carbonyl (C=O) groups excluding carboxylic acids is 2. The van der Waals surface area contributed by atoms with E-state index in [2.05, 4.69) is 6.92 Å². The van der Waals surface area contributed by atoms with E-state index in [1.807, 2.05) is 36.4 Å². The van der Waals surface area contributed by atoms with Crippen LogP contribution >= 0.6 is 0 Å². The average molecular weight is 382 g/mol. The second-order valence-electron chi connectivity index (χ2n) is 6.89. The summed E-state index contributed by atoms with van der Waals surface area (Å²) >= 11 is 0. The van der Waals surface area contributed by atoms with Crippen molar-refractivity contribution in [3.63, 3.8) is 0 Å². The van der Waals surface area contributed by atoms with Crippen LogP contribution in [0.2, 0.25) is 0 Å². The molecule has 148 valence electrons. The zero-order chi connectivity index (χ0) is 20.1.